The Hall–Kier alpha value is -1.06. The molecule has 1 atom stereocenters. The number of alkyl halides is 1. The van der Waals surface area contributed by atoms with E-state index in [1.165, 1.54) is 0 Å². The van der Waals surface area contributed by atoms with Gasteiger partial charge in [-0.1, -0.05) is 24.3 Å². The van der Waals surface area contributed by atoms with Gasteiger partial charge in [0.2, 0.25) is 5.91 Å². The number of nitrogens with one attached hydrogen (secondary N) is 1. The number of halogens is 1. The van der Waals surface area contributed by atoms with Crippen LogP contribution in [0.3, 0.4) is 0 Å². The summed E-state index contributed by atoms with van der Waals surface area (Å²) in [6.45, 7) is 2.42. The lowest BCUT2D eigenvalue weighted by Crippen LogP contribution is -2.23. The van der Waals surface area contributed by atoms with Crippen LogP contribution in [0.1, 0.15) is 24.1 Å². The quantitative estimate of drug-likeness (QED) is 0.766. The summed E-state index contributed by atoms with van der Waals surface area (Å²) in [5.41, 5.74) is 7.85. The summed E-state index contributed by atoms with van der Waals surface area (Å²) in [7, 11) is 0. The maximum absolute atomic E-state index is 10.9. The Balaban J connectivity index is 2.61. The van der Waals surface area contributed by atoms with Crippen LogP contribution in [0.15, 0.2) is 24.3 Å². The molecule has 82 valence electrons. The highest BCUT2D eigenvalue weighted by atomic mass is 35.5. The standard InChI is InChI=1S/C11H15ClN2O/c1-8(13)10-4-2-3-9(5-10)7-14-11(15)6-12/h2-5,8H,6-7,13H2,1H3,(H,14,15). The number of amides is 1. The number of hydrogen-bond acceptors (Lipinski definition) is 2. The highest BCUT2D eigenvalue weighted by molar-refractivity contribution is 6.27. The molecule has 0 radical (unpaired) electrons. The average molecular weight is 227 g/mol. The molecular weight excluding hydrogens is 212 g/mol. The summed E-state index contributed by atoms with van der Waals surface area (Å²) in [5, 5.41) is 2.70. The summed E-state index contributed by atoms with van der Waals surface area (Å²) in [6.07, 6.45) is 0. The largest absolute Gasteiger partial charge is 0.351 e. The van der Waals surface area contributed by atoms with Crippen molar-refractivity contribution in [3.05, 3.63) is 35.4 Å². The van der Waals surface area contributed by atoms with Crippen molar-refractivity contribution in [2.24, 2.45) is 5.73 Å². The molecule has 0 aliphatic heterocycles. The lowest BCUT2D eigenvalue weighted by molar-refractivity contribution is -0.118. The van der Waals surface area contributed by atoms with Crippen molar-refractivity contribution in [2.75, 3.05) is 5.88 Å². The minimum absolute atomic E-state index is 0.00696. The van der Waals surface area contributed by atoms with Crippen LogP contribution < -0.4 is 11.1 Å². The van der Waals surface area contributed by atoms with Gasteiger partial charge in [0.15, 0.2) is 0 Å². The number of hydrogen-bond donors (Lipinski definition) is 2. The van der Waals surface area contributed by atoms with Crippen molar-refractivity contribution in [1.82, 2.24) is 5.32 Å². The summed E-state index contributed by atoms with van der Waals surface area (Å²) in [6, 6.07) is 7.84. The second kappa shape index (κ2) is 5.73. The zero-order valence-electron chi connectivity index (χ0n) is 8.66. The van der Waals surface area contributed by atoms with Crippen LogP contribution in [0.4, 0.5) is 0 Å². The lowest BCUT2D eigenvalue weighted by Gasteiger charge is -2.08. The van der Waals surface area contributed by atoms with Crippen LogP contribution in [0, 0.1) is 0 Å². The molecule has 0 heterocycles. The molecule has 3 N–H and O–H groups in total. The van der Waals surface area contributed by atoms with Crippen LogP contribution in [0.2, 0.25) is 0 Å². The first-order chi connectivity index (χ1) is 7.13. The second-order valence-electron chi connectivity index (χ2n) is 3.44. The zero-order chi connectivity index (χ0) is 11.3. The third-order valence-corrected chi connectivity index (χ3v) is 2.33. The van der Waals surface area contributed by atoms with Crippen LogP contribution in [-0.2, 0) is 11.3 Å². The second-order valence-corrected chi connectivity index (χ2v) is 3.71. The van der Waals surface area contributed by atoms with E-state index in [4.69, 9.17) is 17.3 Å². The molecule has 0 aromatic heterocycles. The molecule has 0 spiro atoms. The third kappa shape index (κ3) is 3.90. The van der Waals surface area contributed by atoms with Gasteiger partial charge in [0.25, 0.3) is 0 Å². The first-order valence-corrected chi connectivity index (χ1v) is 5.34. The number of nitrogens with two attached hydrogens (primary N) is 1. The summed E-state index contributed by atoms with van der Waals surface area (Å²) >= 11 is 5.37. The normalized spacial score (nSPS) is 12.2. The number of carbonyl (C=O) groups excluding carboxylic acids is 1. The van der Waals surface area contributed by atoms with E-state index >= 15 is 0 Å². The van der Waals surface area contributed by atoms with E-state index in [9.17, 15) is 4.79 Å². The number of rotatable bonds is 4. The van der Waals surface area contributed by atoms with E-state index in [0.29, 0.717) is 6.54 Å². The SMILES string of the molecule is CC(N)c1cccc(CNC(=O)CCl)c1. The molecule has 0 aliphatic rings. The van der Waals surface area contributed by atoms with Gasteiger partial charge in [-0.15, -0.1) is 11.6 Å². The zero-order valence-corrected chi connectivity index (χ0v) is 9.42. The molecule has 1 aromatic carbocycles. The van der Waals surface area contributed by atoms with Crippen LogP contribution in [0.25, 0.3) is 0 Å². The highest BCUT2D eigenvalue weighted by Crippen LogP contribution is 2.11. The Morgan fingerprint density at radius 3 is 2.93 bits per heavy atom. The summed E-state index contributed by atoms with van der Waals surface area (Å²) in [4.78, 5) is 10.9. The molecule has 1 rings (SSSR count). The van der Waals surface area contributed by atoms with Gasteiger partial charge in [-0.25, -0.2) is 0 Å². The molecule has 1 amide bonds. The minimum Gasteiger partial charge on any atom is -0.351 e. The van der Waals surface area contributed by atoms with Crippen LogP contribution in [0.5, 0.6) is 0 Å². The smallest absolute Gasteiger partial charge is 0.235 e. The third-order valence-electron chi connectivity index (χ3n) is 2.09. The first-order valence-electron chi connectivity index (χ1n) is 4.80. The topological polar surface area (TPSA) is 55.1 Å². The van der Waals surface area contributed by atoms with Gasteiger partial charge < -0.3 is 11.1 Å². The van der Waals surface area contributed by atoms with Crippen molar-refractivity contribution in [3.8, 4) is 0 Å². The van der Waals surface area contributed by atoms with E-state index < -0.39 is 0 Å². The molecule has 0 aliphatic carbocycles. The molecule has 4 heteroatoms. The summed E-state index contributed by atoms with van der Waals surface area (Å²) in [5.74, 6) is -0.171. The van der Waals surface area contributed by atoms with E-state index in [1.54, 1.807) is 0 Å². The lowest BCUT2D eigenvalue weighted by atomic mass is 10.1. The van der Waals surface area contributed by atoms with E-state index in [2.05, 4.69) is 5.32 Å². The Morgan fingerprint density at radius 2 is 2.33 bits per heavy atom. The Kier molecular flexibility index (Phi) is 4.59. The van der Waals surface area contributed by atoms with Gasteiger partial charge >= 0.3 is 0 Å². The maximum atomic E-state index is 10.9. The van der Waals surface area contributed by atoms with Crippen LogP contribution in [-0.4, -0.2) is 11.8 Å². The highest BCUT2D eigenvalue weighted by Gasteiger charge is 2.02. The van der Waals surface area contributed by atoms with Crippen molar-refractivity contribution < 1.29 is 4.79 Å². The Bertz CT molecular complexity index is 339. The fourth-order valence-corrected chi connectivity index (χ4v) is 1.33. The van der Waals surface area contributed by atoms with E-state index in [1.807, 2.05) is 31.2 Å². The Labute approximate surface area is 94.6 Å². The molecule has 3 nitrogen and oxygen atoms in total. The number of carbonyl (C=O) groups is 1. The predicted molar refractivity (Wildman–Crippen MR) is 61.6 cm³/mol. The Morgan fingerprint density at radius 1 is 1.60 bits per heavy atom. The average Bonchev–Trinajstić information content (AvgIpc) is 2.26. The molecule has 0 saturated heterocycles. The van der Waals surface area contributed by atoms with Gasteiger partial charge in [0.1, 0.15) is 5.88 Å². The molecule has 0 bridgehead atoms. The predicted octanol–water partition coefficient (Wildman–Crippen LogP) is 1.56. The van der Waals surface area contributed by atoms with Gasteiger partial charge in [0, 0.05) is 12.6 Å². The van der Waals surface area contributed by atoms with Crippen molar-refractivity contribution in [2.45, 2.75) is 19.5 Å². The molecule has 1 aromatic rings. The van der Waals surface area contributed by atoms with Gasteiger partial charge in [-0.05, 0) is 18.1 Å². The fraction of sp³-hybridized carbons (Fsp3) is 0.364. The first kappa shape index (κ1) is 12.0. The fourth-order valence-electron chi connectivity index (χ4n) is 1.23. The maximum Gasteiger partial charge on any atom is 0.235 e. The van der Waals surface area contributed by atoms with Crippen molar-refractivity contribution in [1.29, 1.82) is 0 Å². The van der Waals surface area contributed by atoms with Crippen molar-refractivity contribution >= 4 is 17.5 Å². The van der Waals surface area contributed by atoms with Gasteiger partial charge in [0.05, 0.1) is 0 Å². The van der Waals surface area contributed by atoms with Gasteiger partial charge in [-0.2, -0.15) is 0 Å². The van der Waals surface area contributed by atoms with Crippen LogP contribution >= 0.6 is 11.6 Å². The van der Waals surface area contributed by atoms with Gasteiger partial charge in [-0.3, -0.25) is 4.79 Å². The molecular formula is C11H15ClN2O. The number of benzene rings is 1. The van der Waals surface area contributed by atoms with E-state index in [0.717, 1.165) is 11.1 Å². The summed E-state index contributed by atoms with van der Waals surface area (Å²) < 4.78 is 0. The van der Waals surface area contributed by atoms with E-state index in [-0.39, 0.29) is 17.8 Å². The monoisotopic (exact) mass is 226 g/mol. The minimum atomic E-state index is -0.164. The van der Waals surface area contributed by atoms with Crippen molar-refractivity contribution in [3.63, 3.8) is 0 Å². The molecule has 0 saturated carbocycles. The molecule has 1 unspecified atom stereocenters. The molecule has 15 heavy (non-hydrogen) atoms. The molecule has 0 fully saturated rings.